The molecule has 0 amide bonds. The summed E-state index contributed by atoms with van der Waals surface area (Å²) in [5, 5.41) is 0.347. The molecular weight excluding hydrogens is 222 g/mol. The molecule has 0 bridgehead atoms. The Morgan fingerprint density at radius 1 is 1.40 bits per heavy atom. The van der Waals surface area contributed by atoms with Crippen molar-refractivity contribution < 1.29 is 0 Å². The van der Waals surface area contributed by atoms with Crippen molar-refractivity contribution in [3.05, 3.63) is 35.9 Å². The molecule has 2 heterocycles. The molecule has 0 aliphatic carbocycles. The van der Waals surface area contributed by atoms with E-state index in [9.17, 15) is 0 Å². The van der Waals surface area contributed by atoms with Crippen molar-refractivity contribution in [2.24, 2.45) is 4.99 Å². The lowest BCUT2D eigenvalue weighted by Crippen LogP contribution is -2.11. The third-order valence-corrected chi connectivity index (χ3v) is 4.33. The van der Waals surface area contributed by atoms with E-state index >= 15 is 0 Å². The SMILES string of the molecule is CC1=NC2Sc3ccc(S)cc3C2C=C1. The molecular formula is C12H11NS2. The summed E-state index contributed by atoms with van der Waals surface area (Å²) in [5.41, 5.74) is 2.51. The van der Waals surface area contributed by atoms with Crippen LogP contribution in [0.5, 0.6) is 0 Å². The number of rotatable bonds is 0. The molecule has 1 aromatic carbocycles. The van der Waals surface area contributed by atoms with Crippen molar-refractivity contribution >= 4 is 30.1 Å². The van der Waals surface area contributed by atoms with Gasteiger partial charge in [-0.15, -0.1) is 12.6 Å². The summed E-state index contributed by atoms with van der Waals surface area (Å²) in [6, 6.07) is 6.36. The Hall–Kier alpha value is -0.670. The average molecular weight is 233 g/mol. The highest BCUT2D eigenvalue weighted by Crippen LogP contribution is 2.48. The standard InChI is InChI=1S/C12H11NS2/c1-7-2-4-9-10-6-8(14)3-5-11(10)15-12(9)13-7/h2-6,9,12,14H,1H3. The summed E-state index contributed by atoms with van der Waals surface area (Å²) < 4.78 is 0. The molecule has 76 valence electrons. The fourth-order valence-electron chi connectivity index (χ4n) is 2.05. The van der Waals surface area contributed by atoms with Gasteiger partial charge in [0.15, 0.2) is 0 Å². The first kappa shape index (κ1) is 9.55. The van der Waals surface area contributed by atoms with Gasteiger partial charge in [-0.1, -0.05) is 17.8 Å². The van der Waals surface area contributed by atoms with Gasteiger partial charge in [0.1, 0.15) is 5.37 Å². The van der Waals surface area contributed by atoms with Crippen LogP contribution in [0.4, 0.5) is 0 Å². The Morgan fingerprint density at radius 3 is 3.13 bits per heavy atom. The van der Waals surface area contributed by atoms with Crippen LogP contribution < -0.4 is 0 Å². The Labute approximate surface area is 99.1 Å². The number of thioether (sulfide) groups is 1. The minimum atomic E-state index is 0.347. The molecule has 0 radical (unpaired) electrons. The molecule has 3 rings (SSSR count). The Bertz CT molecular complexity index is 477. The molecule has 0 saturated heterocycles. The monoisotopic (exact) mass is 233 g/mol. The van der Waals surface area contributed by atoms with Crippen LogP contribution in [0.25, 0.3) is 0 Å². The van der Waals surface area contributed by atoms with Crippen LogP contribution in [-0.2, 0) is 0 Å². The molecule has 3 heteroatoms. The van der Waals surface area contributed by atoms with Gasteiger partial charge in [-0.3, -0.25) is 4.99 Å². The van der Waals surface area contributed by atoms with Crippen LogP contribution in [0.1, 0.15) is 18.4 Å². The molecule has 2 unspecified atom stereocenters. The maximum Gasteiger partial charge on any atom is 0.110 e. The first-order valence-corrected chi connectivity index (χ1v) is 6.29. The van der Waals surface area contributed by atoms with Gasteiger partial charge in [0.25, 0.3) is 0 Å². The van der Waals surface area contributed by atoms with Gasteiger partial charge in [-0.25, -0.2) is 0 Å². The molecule has 0 saturated carbocycles. The van der Waals surface area contributed by atoms with E-state index in [1.807, 2.05) is 17.8 Å². The fraction of sp³-hybridized carbons (Fsp3) is 0.250. The second-order valence-corrected chi connectivity index (χ2v) is 5.56. The van der Waals surface area contributed by atoms with Crippen molar-refractivity contribution in [1.82, 2.24) is 0 Å². The molecule has 2 aliphatic heterocycles. The quantitative estimate of drug-likeness (QED) is 0.676. The van der Waals surface area contributed by atoms with E-state index in [-0.39, 0.29) is 0 Å². The number of hydrogen-bond donors (Lipinski definition) is 1. The van der Waals surface area contributed by atoms with E-state index in [2.05, 4.69) is 48.8 Å². The van der Waals surface area contributed by atoms with E-state index in [0.29, 0.717) is 11.3 Å². The van der Waals surface area contributed by atoms with Crippen molar-refractivity contribution in [3.63, 3.8) is 0 Å². The lowest BCUT2D eigenvalue weighted by atomic mass is 9.97. The fourth-order valence-corrected chi connectivity index (χ4v) is 3.61. The van der Waals surface area contributed by atoms with E-state index in [1.54, 1.807) is 0 Å². The van der Waals surface area contributed by atoms with Gasteiger partial charge in [0.2, 0.25) is 0 Å². The van der Waals surface area contributed by atoms with Gasteiger partial charge in [-0.05, 0) is 36.8 Å². The van der Waals surface area contributed by atoms with Crippen LogP contribution in [-0.4, -0.2) is 11.1 Å². The predicted molar refractivity (Wildman–Crippen MR) is 68.3 cm³/mol. The molecule has 2 aliphatic rings. The Morgan fingerprint density at radius 2 is 2.27 bits per heavy atom. The minimum Gasteiger partial charge on any atom is -0.275 e. The van der Waals surface area contributed by atoms with Crippen molar-refractivity contribution in [2.45, 2.75) is 28.0 Å². The molecule has 15 heavy (non-hydrogen) atoms. The van der Waals surface area contributed by atoms with E-state index in [1.165, 1.54) is 10.5 Å². The topological polar surface area (TPSA) is 12.4 Å². The molecule has 0 N–H and O–H groups in total. The van der Waals surface area contributed by atoms with Crippen LogP contribution in [0.3, 0.4) is 0 Å². The predicted octanol–water partition coefficient (Wildman–Crippen LogP) is 3.52. The summed E-state index contributed by atoms with van der Waals surface area (Å²) in [4.78, 5) is 7.05. The molecule has 1 nitrogen and oxygen atoms in total. The lowest BCUT2D eigenvalue weighted by Gasteiger charge is -2.16. The van der Waals surface area contributed by atoms with Crippen molar-refractivity contribution in [1.29, 1.82) is 0 Å². The number of thiol groups is 1. The number of aliphatic imine (C=N–C) groups is 1. The molecule has 0 spiro atoms. The zero-order valence-electron chi connectivity index (χ0n) is 8.34. The smallest absolute Gasteiger partial charge is 0.110 e. The normalized spacial score (nSPS) is 27.2. The third kappa shape index (κ3) is 1.54. The lowest BCUT2D eigenvalue weighted by molar-refractivity contribution is 0.797. The summed E-state index contributed by atoms with van der Waals surface area (Å²) in [6.45, 7) is 2.06. The summed E-state index contributed by atoms with van der Waals surface area (Å²) in [6.07, 6.45) is 4.38. The highest BCUT2D eigenvalue weighted by molar-refractivity contribution is 8.00. The minimum absolute atomic E-state index is 0.347. The highest BCUT2D eigenvalue weighted by atomic mass is 32.2. The number of dihydropyridines is 1. The number of allylic oxidation sites excluding steroid dienone is 1. The van der Waals surface area contributed by atoms with E-state index in [4.69, 9.17) is 0 Å². The second-order valence-electron chi connectivity index (χ2n) is 3.89. The number of hydrogen-bond acceptors (Lipinski definition) is 3. The van der Waals surface area contributed by atoms with E-state index in [0.717, 1.165) is 10.6 Å². The summed E-state index contributed by atoms with van der Waals surface area (Å²) in [7, 11) is 0. The van der Waals surface area contributed by atoms with Crippen molar-refractivity contribution in [2.75, 3.05) is 0 Å². The molecule has 0 aromatic heterocycles. The summed E-state index contributed by atoms with van der Waals surface area (Å²) in [5.74, 6) is 0.445. The van der Waals surface area contributed by atoms with Gasteiger partial charge in [0.05, 0.1) is 0 Å². The van der Waals surface area contributed by atoms with Gasteiger partial charge < -0.3 is 0 Å². The summed E-state index contributed by atoms with van der Waals surface area (Å²) >= 11 is 6.25. The highest BCUT2D eigenvalue weighted by Gasteiger charge is 2.32. The second kappa shape index (κ2) is 3.42. The number of fused-ring (bicyclic) bond motifs is 3. The Kier molecular flexibility index (Phi) is 2.18. The Balaban J connectivity index is 2.08. The first-order chi connectivity index (χ1) is 7.24. The van der Waals surface area contributed by atoms with Gasteiger partial charge in [0, 0.05) is 21.4 Å². The molecule has 1 aromatic rings. The maximum absolute atomic E-state index is 4.66. The van der Waals surface area contributed by atoms with Crippen LogP contribution in [0.2, 0.25) is 0 Å². The van der Waals surface area contributed by atoms with E-state index < -0.39 is 0 Å². The largest absolute Gasteiger partial charge is 0.275 e. The number of benzene rings is 1. The van der Waals surface area contributed by atoms with Crippen molar-refractivity contribution in [3.8, 4) is 0 Å². The average Bonchev–Trinajstić information content (AvgIpc) is 2.54. The zero-order valence-corrected chi connectivity index (χ0v) is 10.1. The van der Waals surface area contributed by atoms with Gasteiger partial charge >= 0.3 is 0 Å². The van der Waals surface area contributed by atoms with Crippen LogP contribution in [0.15, 0.2) is 45.1 Å². The first-order valence-electron chi connectivity index (χ1n) is 4.96. The maximum atomic E-state index is 4.66. The van der Waals surface area contributed by atoms with Crippen LogP contribution in [0, 0.1) is 0 Å². The molecule has 0 fully saturated rings. The third-order valence-electron chi connectivity index (χ3n) is 2.78. The van der Waals surface area contributed by atoms with Gasteiger partial charge in [-0.2, -0.15) is 0 Å². The zero-order chi connectivity index (χ0) is 10.4. The molecule has 2 atom stereocenters. The number of nitrogens with zero attached hydrogens (tertiary/aromatic N) is 1. The van der Waals surface area contributed by atoms with Crippen LogP contribution >= 0.6 is 24.4 Å².